The largest absolute Gasteiger partial charge is 0.468 e. The van der Waals surface area contributed by atoms with Crippen LogP contribution < -0.4 is 5.32 Å². The van der Waals surface area contributed by atoms with Crippen molar-refractivity contribution in [1.82, 2.24) is 5.32 Å². The van der Waals surface area contributed by atoms with Crippen LogP contribution in [0.5, 0.6) is 0 Å². The Bertz CT molecular complexity index is 182. The molecule has 0 aliphatic rings. The van der Waals surface area contributed by atoms with E-state index >= 15 is 0 Å². The second kappa shape index (κ2) is 9.97. The Hall–Kier alpha value is -0.220. The maximum atomic E-state index is 11.1. The Morgan fingerprint density at radius 3 is 2.50 bits per heavy atom. The first-order valence-electron chi connectivity index (χ1n) is 6.11. The zero-order valence-corrected chi connectivity index (χ0v) is 11.7. The van der Waals surface area contributed by atoms with Crippen LogP contribution >= 0.6 is 11.8 Å². The molecule has 0 aliphatic heterocycles. The van der Waals surface area contributed by atoms with Crippen molar-refractivity contribution in [2.45, 2.75) is 51.3 Å². The molecule has 0 aromatic carbocycles. The van der Waals surface area contributed by atoms with Crippen LogP contribution in [-0.4, -0.2) is 36.7 Å². The summed E-state index contributed by atoms with van der Waals surface area (Å²) in [5.74, 6) is 0.329. The smallest absolute Gasteiger partial charge is 0.315 e. The van der Waals surface area contributed by atoms with E-state index in [9.17, 15) is 4.79 Å². The second-order valence-corrected chi connectivity index (χ2v) is 5.01. The molecule has 1 N–H and O–H groups in total. The SMILES string of the molecule is CCCC(NCC)C(CC)SCC(=O)OC. The monoisotopic (exact) mass is 247 g/mol. The molecule has 0 aromatic heterocycles. The van der Waals surface area contributed by atoms with Gasteiger partial charge in [-0.3, -0.25) is 4.79 Å². The Kier molecular flexibility index (Phi) is 9.83. The van der Waals surface area contributed by atoms with E-state index in [-0.39, 0.29) is 5.97 Å². The van der Waals surface area contributed by atoms with Crippen LogP contribution in [0, 0.1) is 0 Å². The van der Waals surface area contributed by atoms with E-state index in [1.807, 2.05) is 0 Å². The van der Waals surface area contributed by atoms with Crippen molar-refractivity contribution in [3.8, 4) is 0 Å². The molecule has 0 saturated heterocycles. The van der Waals surface area contributed by atoms with Gasteiger partial charge in [-0.1, -0.05) is 27.2 Å². The lowest BCUT2D eigenvalue weighted by molar-refractivity contribution is -0.137. The van der Waals surface area contributed by atoms with Gasteiger partial charge < -0.3 is 10.1 Å². The molecule has 0 radical (unpaired) electrons. The van der Waals surface area contributed by atoms with Crippen molar-refractivity contribution in [1.29, 1.82) is 0 Å². The third-order valence-electron chi connectivity index (χ3n) is 2.56. The summed E-state index contributed by atoms with van der Waals surface area (Å²) >= 11 is 1.71. The standard InChI is InChI=1S/C12H25NO2S/c1-5-8-10(13-7-3)11(6-2)16-9-12(14)15-4/h10-11,13H,5-9H2,1-4H3. The Morgan fingerprint density at radius 1 is 1.38 bits per heavy atom. The molecule has 96 valence electrons. The molecule has 0 aliphatic carbocycles. The van der Waals surface area contributed by atoms with Gasteiger partial charge in [-0.05, 0) is 19.4 Å². The molecule has 2 atom stereocenters. The summed E-state index contributed by atoms with van der Waals surface area (Å²) in [6, 6.07) is 0.509. The molecule has 0 rings (SSSR count). The van der Waals surface area contributed by atoms with Crippen LogP contribution in [0.1, 0.15) is 40.0 Å². The maximum Gasteiger partial charge on any atom is 0.315 e. The molecule has 0 bridgehead atoms. The molecule has 2 unspecified atom stereocenters. The lowest BCUT2D eigenvalue weighted by Crippen LogP contribution is -2.38. The first-order valence-corrected chi connectivity index (χ1v) is 7.16. The van der Waals surface area contributed by atoms with Crippen molar-refractivity contribution in [2.24, 2.45) is 0 Å². The van der Waals surface area contributed by atoms with E-state index in [1.54, 1.807) is 11.8 Å². The number of rotatable bonds is 9. The topological polar surface area (TPSA) is 38.3 Å². The van der Waals surface area contributed by atoms with Gasteiger partial charge >= 0.3 is 5.97 Å². The van der Waals surface area contributed by atoms with Gasteiger partial charge in [0.15, 0.2) is 0 Å². The van der Waals surface area contributed by atoms with Crippen LogP contribution in [0.2, 0.25) is 0 Å². The number of ether oxygens (including phenoxy) is 1. The average Bonchev–Trinajstić information content (AvgIpc) is 2.30. The summed E-state index contributed by atoms with van der Waals surface area (Å²) < 4.78 is 4.66. The summed E-state index contributed by atoms with van der Waals surface area (Å²) in [5.41, 5.74) is 0. The predicted octanol–water partition coefficient (Wildman–Crippen LogP) is 2.45. The highest BCUT2D eigenvalue weighted by atomic mass is 32.2. The van der Waals surface area contributed by atoms with Crippen LogP contribution in [0.3, 0.4) is 0 Å². The molecule has 0 fully saturated rings. The minimum atomic E-state index is -0.129. The fraction of sp³-hybridized carbons (Fsp3) is 0.917. The van der Waals surface area contributed by atoms with E-state index in [0.717, 1.165) is 13.0 Å². The van der Waals surface area contributed by atoms with E-state index in [0.29, 0.717) is 17.0 Å². The number of carbonyl (C=O) groups excluding carboxylic acids is 1. The van der Waals surface area contributed by atoms with Crippen molar-refractivity contribution < 1.29 is 9.53 Å². The minimum Gasteiger partial charge on any atom is -0.468 e. The molecular formula is C12H25NO2S. The number of hydrogen-bond donors (Lipinski definition) is 1. The fourth-order valence-electron chi connectivity index (χ4n) is 1.75. The highest BCUT2D eigenvalue weighted by Crippen LogP contribution is 2.21. The Morgan fingerprint density at radius 2 is 2.06 bits per heavy atom. The average molecular weight is 247 g/mol. The summed E-state index contributed by atoms with van der Waals surface area (Å²) in [7, 11) is 1.44. The number of methoxy groups -OCH3 is 1. The fourth-order valence-corrected chi connectivity index (χ4v) is 2.91. The third-order valence-corrected chi connectivity index (χ3v) is 4.05. The first kappa shape index (κ1) is 15.8. The molecule has 0 aromatic rings. The molecular weight excluding hydrogens is 222 g/mol. The van der Waals surface area contributed by atoms with E-state index < -0.39 is 0 Å². The molecule has 0 saturated carbocycles. The Labute approximate surface area is 104 Å². The van der Waals surface area contributed by atoms with Crippen molar-refractivity contribution in [2.75, 3.05) is 19.4 Å². The van der Waals surface area contributed by atoms with Gasteiger partial charge in [0.05, 0.1) is 12.9 Å². The van der Waals surface area contributed by atoms with Gasteiger partial charge in [0, 0.05) is 11.3 Å². The Balaban J connectivity index is 4.13. The normalized spacial score (nSPS) is 14.5. The number of esters is 1. The summed E-state index contributed by atoms with van der Waals surface area (Å²) in [6.45, 7) is 7.48. The second-order valence-electron chi connectivity index (χ2n) is 3.79. The molecule has 0 spiro atoms. The highest BCUT2D eigenvalue weighted by molar-refractivity contribution is 8.00. The zero-order chi connectivity index (χ0) is 12.4. The summed E-state index contributed by atoms with van der Waals surface area (Å²) in [5, 5.41) is 4.00. The van der Waals surface area contributed by atoms with Crippen LogP contribution in [0.15, 0.2) is 0 Å². The third kappa shape index (κ3) is 6.38. The molecule has 0 amide bonds. The lowest BCUT2D eigenvalue weighted by Gasteiger charge is -2.26. The quantitative estimate of drug-likeness (QED) is 0.635. The van der Waals surface area contributed by atoms with Crippen molar-refractivity contribution in [3.05, 3.63) is 0 Å². The first-order chi connectivity index (χ1) is 7.69. The number of thioether (sulfide) groups is 1. The number of carbonyl (C=O) groups is 1. The van der Waals surface area contributed by atoms with E-state index in [1.165, 1.54) is 20.0 Å². The molecule has 3 nitrogen and oxygen atoms in total. The zero-order valence-electron chi connectivity index (χ0n) is 10.9. The van der Waals surface area contributed by atoms with Crippen molar-refractivity contribution >= 4 is 17.7 Å². The number of nitrogens with one attached hydrogen (secondary N) is 1. The van der Waals surface area contributed by atoms with Gasteiger partial charge in [-0.25, -0.2) is 0 Å². The summed E-state index contributed by atoms with van der Waals surface area (Å²) in [6.07, 6.45) is 3.42. The van der Waals surface area contributed by atoms with Crippen LogP contribution in [0.25, 0.3) is 0 Å². The van der Waals surface area contributed by atoms with Gasteiger partial charge in [0.1, 0.15) is 0 Å². The molecule has 0 heterocycles. The lowest BCUT2D eigenvalue weighted by atomic mass is 10.1. The number of hydrogen-bond acceptors (Lipinski definition) is 4. The van der Waals surface area contributed by atoms with Crippen LogP contribution in [0.4, 0.5) is 0 Å². The summed E-state index contributed by atoms with van der Waals surface area (Å²) in [4.78, 5) is 11.1. The molecule has 4 heteroatoms. The van der Waals surface area contributed by atoms with E-state index in [2.05, 4.69) is 30.8 Å². The van der Waals surface area contributed by atoms with Crippen molar-refractivity contribution in [3.63, 3.8) is 0 Å². The maximum absolute atomic E-state index is 11.1. The predicted molar refractivity (Wildman–Crippen MR) is 70.9 cm³/mol. The van der Waals surface area contributed by atoms with Gasteiger partial charge in [0.25, 0.3) is 0 Å². The minimum absolute atomic E-state index is 0.129. The van der Waals surface area contributed by atoms with Gasteiger partial charge in [-0.2, -0.15) is 0 Å². The van der Waals surface area contributed by atoms with Gasteiger partial charge in [0.2, 0.25) is 0 Å². The van der Waals surface area contributed by atoms with Gasteiger partial charge in [-0.15, -0.1) is 11.8 Å². The van der Waals surface area contributed by atoms with E-state index in [4.69, 9.17) is 0 Å². The highest BCUT2D eigenvalue weighted by Gasteiger charge is 2.19. The molecule has 16 heavy (non-hydrogen) atoms. The van der Waals surface area contributed by atoms with Crippen LogP contribution in [-0.2, 0) is 9.53 Å².